The van der Waals surface area contributed by atoms with E-state index in [2.05, 4.69) is 36.4 Å². The molecular weight excluding hydrogens is 377 g/mol. The van der Waals surface area contributed by atoms with Gasteiger partial charge in [0.1, 0.15) is 9.84 Å². The van der Waals surface area contributed by atoms with E-state index >= 15 is 0 Å². The molecule has 0 heterocycles. The van der Waals surface area contributed by atoms with Crippen LogP contribution in [0.25, 0.3) is 0 Å². The highest BCUT2D eigenvalue weighted by molar-refractivity contribution is 14.0. The minimum Gasteiger partial charge on any atom is -0.355 e. The molecule has 1 atom stereocenters. The first-order valence-electron chi connectivity index (χ1n) is 6.39. The largest absolute Gasteiger partial charge is 0.355 e. The number of hydrogen-bond acceptors (Lipinski definition) is 3. The van der Waals surface area contributed by atoms with E-state index in [1.807, 2.05) is 0 Å². The summed E-state index contributed by atoms with van der Waals surface area (Å²) >= 11 is 0. The van der Waals surface area contributed by atoms with Gasteiger partial charge in [-0.1, -0.05) is 13.8 Å². The summed E-state index contributed by atoms with van der Waals surface area (Å²) in [7, 11) is -1.24. The van der Waals surface area contributed by atoms with Crippen LogP contribution in [0.5, 0.6) is 0 Å². The van der Waals surface area contributed by atoms with Gasteiger partial charge in [0.25, 0.3) is 0 Å². The van der Waals surface area contributed by atoms with E-state index in [-0.39, 0.29) is 29.7 Å². The number of nitrogens with zero attached hydrogens (tertiary/aromatic N) is 1. The first kappa shape index (κ1) is 21.3. The molecule has 116 valence electrons. The third-order valence-electron chi connectivity index (χ3n) is 2.55. The number of guanidine groups is 1. The standard InChI is InChI=1S/C12H27N3O2S.HI/c1-10(2)6-7-11(3)15-12(13-4)14-8-9-18(5,16)17;/h10-11H,6-9H2,1-5H3,(H2,13,14,15);1H. The molecule has 0 fully saturated rings. The summed E-state index contributed by atoms with van der Waals surface area (Å²) in [6, 6.07) is 0.330. The van der Waals surface area contributed by atoms with Gasteiger partial charge < -0.3 is 10.6 Å². The molecule has 0 bridgehead atoms. The van der Waals surface area contributed by atoms with Crippen molar-refractivity contribution in [3.63, 3.8) is 0 Å². The number of hydrogen-bond donors (Lipinski definition) is 2. The lowest BCUT2D eigenvalue weighted by Crippen LogP contribution is -2.43. The van der Waals surface area contributed by atoms with E-state index in [1.165, 1.54) is 6.26 Å². The molecule has 1 unspecified atom stereocenters. The van der Waals surface area contributed by atoms with Crippen molar-refractivity contribution in [3.05, 3.63) is 0 Å². The van der Waals surface area contributed by atoms with Crippen LogP contribution < -0.4 is 10.6 Å². The Morgan fingerprint density at radius 3 is 2.21 bits per heavy atom. The molecule has 0 spiro atoms. The molecule has 0 aliphatic heterocycles. The molecule has 0 aliphatic carbocycles. The normalized spacial score (nSPS) is 13.9. The summed E-state index contributed by atoms with van der Waals surface area (Å²) in [5.41, 5.74) is 0. The highest BCUT2D eigenvalue weighted by Gasteiger charge is 2.07. The molecular formula is C12H28IN3O2S. The summed E-state index contributed by atoms with van der Waals surface area (Å²) in [6.07, 6.45) is 3.47. The second-order valence-electron chi connectivity index (χ2n) is 5.15. The van der Waals surface area contributed by atoms with Crippen LogP contribution in [-0.2, 0) is 9.84 Å². The van der Waals surface area contributed by atoms with Gasteiger partial charge in [-0.3, -0.25) is 4.99 Å². The maximum atomic E-state index is 11.0. The van der Waals surface area contributed by atoms with Gasteiger partial charge in [-0.2, -0.15) is 0 Å². The van der Waals surface area contributed by atoms with Gasteiger partial charge in [0.2, 0.25) is 0 Å². The van der Waals surface area contributed by atoms with Crippen LogP contribution in [0.15, 0.2) is 4.99 Å². The second kappa shape index (κ2) is 10.7. The molecule has 0 aromatic carbocycles. The Labute approximate surface area is 135 Å². The Morgan fingerprint density at radius 2 is 1.79 bits per heavy atom. The molecule has 19 heavy (non-hydrogen) atoms. The molecule has 0 radical (unpaired) electrons. The zero-order valence-electron chi connectivity index (χ0n) is 12.6. The Hall–Kier alpha value is -0.0500. The second-order valence-corrected chi connectivity index (χ2v) is 7.41. The molecule has 2 N–H and O–H groups in total. The predicted octanol–water partition coefficient (Wildman–Crippen LogP) is 1.64. The molecule has 7 heteroatoms. The van der Waals surface area contributed by atoms with Gasteiger partial charge >= 0.3 is 0 Å². The minimum atomic E-state index is -2.92. The van der Waals surface area contributed by atoms with Gasteiger partial charge in [-0.15, -0.1) is 24.0 Å². The van der Waals surface area contributed by atoms with Gasteiger partial charge in [-0.25, -0.2) is 8.42 Å². The maximum Gasteiger partial charge on any atom is 0.191 e. The van der Waals surface area contributed by atoms with Crippen molar-refractivity contribution in [2.75, 3.05) is 25.6 Å². The van der Waals surface area contributed by atoms with E-state index in [0.29, 0.717) is 24.5 Å². The SMILES string of the molecule is CN=C(NCCS(C)(=O)=O)NC(C)CCC(C)C.I. The molecule has 0 aliphatic rings. The van der Waals surface area contributed by atoms with Crippen molar-refractivity contribution < 1.29 is 8.42 Å². The van der Waals surface area contributed by atoms with Gasteiger partial charge in [0.15, 0.2) is 5.96 Å². The fourth-order valence-corrected chi connectivity index (χ4v) is 1.91. The Morgan fingerprint density at radius 1 is 1.21 bits per heavy atom. The van der Waals surface area contributed by atoms with Crippen molar-refractivity contribution in [2.24, 2.45) is 10.9 Å². The summed E-state index contributed by atoms with van der Waals surface area (Å²) < 4.78 is 22.0. The maximum absolute atomic E-state index is 11.0. The first-order chi connectivity index (χ1) is 8.24. The van der Waals surface area contributed by atoms with E-state index in [9.17, 15) is 8.42 Å². The number of sulfone groups is 1. The van der Waals surface area contributed by atoms with Crippen LogP contribution in [-0.4, -0.2) is 46.0 Å². The lowest BCUT2D eigenvalue weighted by atomic mass is 10.0. The summed E-state index contributed by atoms with van der Waals surface area (Å²) in [6.45, 7) is 6.89. The lowest BCUT2D eigenvalue weighted by molar-refractivity contribution is 0.489. The summed E-state index contributed by atoms with van der Waals surface area (Å²) in [4.78, 5) is 4.07. The first-order valence-corrected chi connectivity index (χ1v) is 8.45. The van der Waals surface area contributed by atoms with Crippen molar-refractivity contribution in [2.45, 2.75) is 39.7 Å². The quantitative estimate of drug-likeness (QED) is 0.384. The van der Waals surface area contributed by atoms with Crippen LogP contribution in [0.4, 0.5) is 0 Å². The number of nitrogens with one attached hydrogen (secondary N) is 2. The summed E-state index contributed by atoms with van der Waals surface area (Å²) in [5.74, 6) is 1.47. The molecule has 0 saturated carbocycles. The van der Waals surface area contributed by atoms with Gasteiger partial charge in [0.05, 0.1) is 5.75 Å². The van der Waals surface area contributed by atoms with Crippen molar-refractivity contribution in [1.29, 1.82) is 0 Å². The van der Waals surface area contributed by atoms with Crippen LogP contribution in [0.2, 0.25) is 0 Å². The van der Waals surface area contributed by atoms with E-state index in [0.717, 1.165) is 12.8 Å². The van der Waals surface area contributed by atoms with Gasteiger partial charge in [0, 0.05) is 25.9 Å². The number of halogens is 1. The molecule has 0 amide bonds. The van der Waals surface area contributed by atoms with Crippen molar-refractivity contribution in [1.82, 2.24) is 10.6 Å². The molecule has 0 rings (SSSR count). The third kappa shape index (κ3) is 14.2. The average Bonchev–Trinajstić information content (AvgIpc) is 2.23. The minimum absolute atomic E-state index is 0. The fraction of sp³-hybridized carbons (Fsp3) is 0.917. The average molecular weight is 405 g/mol. The highest BCUT2D eigenvalue weighted by atomic mass is 127. The van der Waals surface area contributed by atoms with Crippen LogP contribution in [0.1, 0.15) is 33.6 Å². The van der Waals surface area contributed by atoms with E-state index in [1.54, 1.807) is 7.05 Å². The van der Waals surface area contributed by atoms with Crippen molar-refractivity contribution >= 4 is 39.8 Å². The molecule has 0 aromatic rings. The van der Waals surface area contributed by atoms with E-state index in [4.69, 9.17) is 0 Å². The number of rotatable bonds is 7. The topological polar surface area (TPSA) is 70.6 Å². The van der Waals surface area contributed by atoms with Crippen LogP contribution in [0, 0.1) is 5.92 Å². The zero-order valence-corrected chi connectivity index (χ0v) is 15.7. The molecule has 0 saturated heterocycles. The molecule has 0 aromatic heterocycles. The van der Waals surface area contributed by atoms with Crippen LogP contribution >= 0.6 is 24.0 Å². The zero-order chi connectivity index (χ0) is 14.2. The van der Waals surface area contributed by atoms with Gasteiger partial charge in [-0.05, 0) is 25.7 Å². The van der Waals surface area contributed by atoms with E-state index < -0.39 is 9.84 Å². The Kier molecular flexibility index (Phi) is 12.0. The Balaban J connectivity index is 0. The highest BCUT2D eigenvalue weighted by Crippen LogP contribution is 2.06. The fourth-order valence-electron chi connectivity index (χ4n) is 1.44. The monoisotopic (exact) mass is 405 g/mol. The number of aliphatic imine (C=N–C) groups is 1. The smallest absolute Gasteiger partial charge is 0.191 e. The summed E-state index contributed by atoms with van der Waals surface area (Å²) in [5, 5.41) is 6.26. The van der Waals surface area contributed by atoms with Crippen molar-refractivity contribution in [3.8, 4) is 0 Å². The Bertz CT molecular complexity index is 356. The predicted molar refractivity (Wildman–Crippen MR) is 93.2 cm³/mol. The third-order valence-corrected chi connectivity index (χ3v) is 3.49. The van der Waals surface area contributed by atoms with Crippen LogP contribution in [0.3, 0.4) is 0 Å². The lowest BCUT2D eigenvalue weighted by Gasteiger charge is -2.18. The molecule has 5 nitrogen and oxygen atoms in total.